The topological polar surface area (TPSA) is 31.2 Å². The zero-order chi connectivity index (χ0) is 17.9. The first-order valence-corrected chi connectivity index (χ1v) is 8.91. The third-order valence-corrected chi connectivity index (χ3v) is 4.04. The van der Waals surface area contributed by atoms with Gasteiger partial charge in [0.05, 0.1) is 26.2 Å². The Bertz CT molecular complexity index is 688. The summed E-state index contributed by atoms with van der Waals surface area (Å²) in [7, 11) is 0. The molecule has 0 aliphatic carbocycles. The number of rotatable bonds is 6. The third kappa shape index (κ3) is 6.06. The summed E-state index contributed by atoms with van der Waals surface area (Å²) in [6.45, 7) is 3.54. The molecule has 0 unspecified atom stereocenters. The van der Waals surface area contributed by atoms with Crippen LogP contribution in [-0.2, 0) is 0 Å². The van der Waals surface area contributed by atoms with Crippen LogP contribution in [0.4, 0.5) is 0 Å². The molecule has 2 aromatic carbocycles. The summed E-state index contributed by atoms with van der Waals surface area (Å²) < 4.78 is 0. The summed E-state index contributed by atoms with van der Waals surface area (Å²) >= 11 is 0. The van der Waals surface area contributed by atoms with Crippen LogP contribution in [0.15, 0.2) is 83.0 Å². The van der Waals surface area contributed by atoms with Crippen molar-refractivity contribution in [3.63, 3.8) is 0 Å². The Kier molecular flexibility index (Phi) is 6.79. The van der Waals surface area contributed by atoms with Gasteiger partial charge in [-0.3, -0.25) is 10.0 Å². The molecular weight excluding hydrogens is 320 g/mol. The van der Waals surface area contributed by atoms with Crippen LogP contribution in [0, 0.1) is 0 Å². The van der Waals surface area contributed by atoms with Crippen LogP contribution in [0.2, 0.25) is 0 Å². The molecule has 0 amide bonds. The highest BCUT2D eigenvalue weighted by Gasteiger charge is 2.12. The fourth-order valence-corrected chi connectivity index (χ4v) is 2.62. The Labute approximate surface area is 155 Å². The van der Waals surface area contributed by atoms with Crippen molar-refractivity contribution in [3.8, 4) is 0 Å². The zero-order valence-electron chi connectivity index (χ0n) is 14.9. The van der Waals surface area contributed by atoms with Gasteiger partial charge in [0.1, 0.15) is 0 Å². The van der Waals surface area contributed by atoms with Crippen molar-refractivity contribution in [2.24, 2.45) is 10.2 Å². The van der Waals surface area contributed by atoms with Gasteiger partial charge in [-0.1, -0.05) is 72.8 Å². The van der Waals surface area contributed by atoms with Gasteiger partial charge in [-0.25, -0.2) is 0 Å². The smallest absolute Gasteiger partial charge is 0.0553 e. The second-order valence-electron chi connectivity index (χ2n) is 5.98. The van der Waals surface area contributed by atoms with Gasteiger partial charge >= 0.3 is 0 Å². The van der Waals surface area contributed by atoms with E-state index in [0.29, 0.717) is 0 Å². The Morgan fingerprint density at radius 3 is 1.35 bits per heavy atom. The monoisotopic (exact) mass is 344 g/mol. The summed E-state index contributed by atoms with van der Waals surface area (Å²) in [6.07, 6.45) is 11.8. The number of hydrazone groups is 2. The third-order valence-electron chi connectivity index (χ3n) is 4.04. The Hall–Kier alpha value is -3.14. The van der Waals surface area contributed by atoms with Gasteiger partial charge in [0, 0.05) is 12.4 Å². The fraction of sp³-hybridized carbons (Fsp3) is 0.182. The molecule has 0 atom stereocenters. The molecule has 0 bridgehead atoms. The van der Waals surface area contributed by atoms with Crippen LogP contribution in [-0.4, -0.2) is 48.6 Å². The van der Waals surface area contributed by atoms with Crippen molar-refractivity contribution in [2.75, 3.05) is 26.2 Å². The molecule has 2 aromatic rings. The Morgan fingerprint density at radius 1 is 0.577 bits per heavy atom. The van der Waals surface area contributed by atoms with Crippen molar-refractivity contribution in [3.05, 3.63) is 83.9 Å². The first kappa shape index (κ1) is 17.7. The average molecular weight is 344 g/mol. The van der Waals surface area contributed by atoms with E-state index in [1.165, 1.54) is 11.1 Å². The minimum atomic E-state index is 0.884. The van der Waals surface area contributed by atoms with Crippen LogP contribution in [0.1, 0.15) is 11.1 Å². The molecule has 4 nitrogen and oxygen atoms in total. The molecule has 26 heavy (non-hydrogen) atoms. The molecule has 1 heterocycles. The summed E-state index contributed by atoms with van der Waals surface area (Å²) in [5.74, 6) is 0. The van der Waals surface area contributed by atoms with E-state index in [-0.39, 0.29) is 0 Å². The maximum absolute atomic E-state index is 4.50. The Balaban J connectivity index is 1.38. The molecule has 0 radical (unpaired) electrons. The van der Waals surface area contributed by atoms with Gasteiger partial charge < -0.3 is 0 Å². The van der Waals surface area contributed by atoms with E-state index < -0.39 is 0 Å². The van der Waals surface area contributed by atoms with Crippen LogP contribution in [0.3, 0.4) is 0 Å². The van der Waals surface area contributed by atoms with Gasteiger partial charge in [0.15, 0.2) is 0 Å². The van der Waals surface area contributed by atoms with Crippen LogP contribution in [0.5, 0.6) is 0 Å². The number of hydrogen-bond donors (Lipinski definition) is 0. The van der Waals surface area contributed by atoms with E-state index in [2.05, 4.69) is 56.6 Å². The zero-order valence-corrected chi connectivity index (χ0v) is 14.9. The van der Waals surface area contributed by atoms with Gasteiger partial charge in [-0.2, -0.15) is 10.2 Å². The molecule has 0 aromatic heterocycles. The standard InChI is InChI=1S/C22H24N4/c1-3-9-21(10-4-1)13-7-15-23-25-17-19-26(20-18-25)24-16-8-14-22-11-5-2-6-12-22/h1-16H,17-20H2/b13-7-,14-8-,23-15+,24-16+. The van der Waals surface area contributed by atoms with Crippen molar-refractivity contribution < 1.29 is 0 Å². The van der Waals surface area contributed by atoms with Crippen molar-refractivity contribution in [1.29, 1.82) is 0 Å². The normalized spacial score (nSPS) is 15.8. The minimum absolute atomic E-state index is 0.884. The van der Waals surface area contributed by atoms with Crippen molar-refractivity contribution >= 4 is 24.6 Å². The Morgan fingerprint density at radius 2 is 0.962 bits per heavy atom. The number of benzene rings is 2. The van der Waals surface area contributed by atoms with Crippen molar-refractivity contribution in [1.82, 2.24) is 10.0 Å². The maximum Gasteiger partial charge on any atom is 0.0553 e. The highest BCUT2D eigenvalue weighted by molar-refractivity contribution is 5.78. The van der Waals surface area contributed by atoms with Crippen molar-refractivity contribution in [2.45, 2.75) is 0 Å². The van der Waals surface area contributed by atoms with Crippen LogP contribution < -0.4 is 0 Å². The molecule has 0 spiro atoms. The maximum atomic E-state index is 4.50. The minimum Gasteiger partial charge on any atom is -0.293 e. The molecule has 4 heteroatoms. The predicted molar refractivity (Wildman–Crippen MR) is 111 cm³/mol. The van der Waals surface area contributed by atoms with Crippen LogP contribution in [0.25, 0.3) is 12.2 Å². The van der Waals surface area contributed by atoms with Gasteiger partial charge in [-0.05, 0) is 23.3 Å². The second kappa shape index (κ2) is 9.99. The number of allylic oxidation sites excluding steroid dienone is 2. The predicted octanol–water partition coefficient (Wildman–Crippen LogP) is 4.00. The van der Waals surface area contributed by atoms with E-state index in [4.69, 9.17) is 0 Å². The lowest BCUT2D eigenvalue weighted by atomic mass is 10.2. The summed E-state index contributed by atoms with van der Waals surface area (Å²) in [4.78, 5) is 0. The summed E-state index contributed by atoms with van der Waals surface area (Å²) in [5.41, 5.74) is 2.36. The lowest BCUT2D eigenvalue weighted by Crippen LogP contribution is -2.41. The number of nitrogens with zero attached hydrogens (tertiary/aromatic N) is 4. The molecule has 1 fully saturated rings. The first-order valence-electron chi connectivity index (χ1n) is 8.91. The fourth-order valence-electron chi connectivity index (χ4n) is 2.62. The SMILES string of the molecule is C(=C/c1ccccc1)/C=N/N1CCN(/N=C/C=C\c2ccccc2)CC1. The van der Waals surface area contributed by atoms with Crippen LogP contribution >= 0.6 is 0 Å². The number of piperazine rings is 1. The second-order valence-corrected chi connectivity index (χ2v) is 5.98. The van der Waals surface area contributed by atoms with E-state index in [1.54, 1.807) is 0 Å². The molecule has 0 saturated carbocycles. The number of hydrogen-bond acceptors (Lipinski definition) is 4. The van der Waals surface area contributed by atoms with Gasteiger partial charge in [-0.15, -0.1) is 0 Å². The highest BCUT2D eigenvalue weighted by atomic mass is 15.5. The van der Waals surface area contributed by atoms with E-state index in [1.807, 2.05) is 61.0 Å². The van der Waals surface area contributed by atoms with Gasteiger partial charge in [0.2, 0.25) is 0 Å². The molecule has 1 saturated heterocycles. The summed E-state index contributed by atoms with van der Waals surface area (Å²) in [6, 6.07) is 20.5. The van der Waals surface area contributed by atoms with E-state index in [9.17, 15) is 0 Å². The molecule has 1 aliphatic rings. The lowest BCUT2D eigenvalue weighted by molar-refractivity contribution is 0.141. The van der Waals surface area contributed by atoms with E-state index in [0.717, 1.165) is 26.2 Å². The average Bonchev–Trinajstić information content (AvgIpc) is 2.71. The quantitative estimate of drug-likeness (QED) is 0.742. The highest BCUT2D eigenvalue weighted by Crippen LogP contribution is 2.04. The molecule has 1 aliphatic heterocycles. The summed E-state index contributed by atoms with van der Waals surface area (Å²) in [5, 5.41) is 13.2. The molecule has 132 valence electrons. The largest absolute Gasteiger partial charge is 0.293 e. The van der Waals surface area contributed by atoms with Gasteiger partial charge in [0.25, 0.3) is 0 Å². The lowest BCUT2D eigenvalue weighted by Gasteiger charge is -2.30. The van der Waals surface area contributed by atoms with E-state index >= 15 is 0 Å². The molecule has 0 N–H and O–H groups in total. The molecular formula is C22H24N4. The first-order chi connectivity index (χ1) is 12.9. The molecule has 3 rings (SSSR count).